The van der Waals surface area contributed by atoms with Gasteiger partial charge in [-0.05, 0) is 49.8 Å². The van der Waals surface area contributed by atoms with Crippen LogP contribution in [0.2, 0.25) is 5.02 Å². The number of rotatable bonds is 5. The predicted molar refractivity (Wildman–Crippen MR) is 101 cm³/mol. The highest BCUT2D eigenvalue weighted by Crippen LogP contribution is 2.35. The molecule has 0 aliphatic carbocycles. The van der Waals surface area contributed by atoms with Gasteiger partial charge in [-0.25, -0.2) is 9.18 Å². The number of hydrogen-bond acceptors (Lipinski definition) is 4. The van der Waals surface area contributed by atoms with Crippen LogP contribution in [0.15, 0.2) is 12.1 Å². The van der Waals surface area contributed by atoms with E-state index in [2.05, 4.69) is 10.6 Å². The Bertz CT molecular complexity index is 811. The number of nitrogens with zero attached hydrogens (tertiary/aromatic N) is 1. The number of hydrogen-bond donors (Lipinski definition) is 2. The van der Waals surface area contributed by atoms with Crippen LogP contribution in [-0.4, -0.2) is 48.5 Å². The summed E-state index contributed by atoms with van der Waals surface area (Å²) in [5.41, 5.74) is -0.153. The van der Waals surface area contributed by atoms with Crippen LogP contribution in [0.3, 0.4) is 0 Å². The number of nitrogens with one attached hydrogen (secondary N) is 2. The van der Waals surface area contributed by atoms with Gasteiger partial charge in [0, 0.05) is 19.5 Å². The fourth-order valence-electron chi connectivity index (χ4n) is 3.70. The molecule has 1 aromatic rings. The van der Waals surface area contributed by atoms with Gasteiger partial charge in [-0.15, -0.1) is 0 Å². The Morgan fingerprint density at radius 1 is 1.36 bits per heavy atom. The molecule has 2 saturated heterocycles. The van der Waals surface area contributed by atoms with Crippen molar-refractivity contribution in [2.45, 2.75) is 44.1 Å². The minimum absolute atomic E-state index is 0.0259. The summed E-state index contributed by atoms with van der Waals surface area (Å²) in [6.45, 7) is 2.74. The van der Waals surface area contributed by atoms with Crippen LogP contribution in [0.1, 0.15) is 44.1 Å². The molecule has 0 bridgehead atoms. The third kappa shape index (κ3) is 4.06. The summed E-state index contributed by atoms with van der Waals surface area (Å²) in [6, 6.07) is 2.74. The fraction of sp³-hybridized carbons (Fsp3) is 0.526. The molecule has 0 radical (unpaired) electrons. The van der Waals surface area contributed by atoms with Crippen LogP contribution in [0, 0.1) is 5.82 Å². The zero-order valence-electron chi connectivity index (χ0n) is 15.8. The van der Waals surface area contributed by atoms with E-state index in [4.69, 9.17) is 16.3 Å². The van der Waals surface area contributed by atoms with Crippen molar-refractivity contribution in [1.82, 2.24) is 15.5 Å². The van der Waals surface area contributed by atoms with E-state index < -0.39 is 23.3 Å². The first kappa shape index (κ1) is 20.4. The van der Waals surface area contributed by atoms with Gasteiger partial charge in [-0.2, -0.15) is 0 Å². The minimum Gasteiger partial charge on any atom is -0.494 e. The number of imide groups is 1. The number of piperidine rings is 1. The van der Waals surface area contributed by atoms with E-state index in [0.717, 1.165) is 18.4 Å². The molecule has 152 valence electrons. The molecule has 0 spiro atoms. The molecule has 1 aromatic carbocycles. The van der Waals surface area contributed by atoms with E-state index in [9.17, 15) is 18.8 Å². The molecule has 4 amide bonds. The normalized spacial score (nSPS) is 22.8. The average molecular weight is 412 g/mol. The molecule has 2 heterocycles. The zero-order chi connectivity index (χ0) is 20.5. The number of ether oxygens (including phenoxy) is 1. The van der Waals surface area contributed by atoms with E-state index >= 15 is 0 Å². The number of urea groups is 1. The molecule has 2 fully saturated rings. The molecule has 0 unspecified atom stereocenters. The molecule has 3 rings (SSSR count). The van der Waals surface area contributed by atoms with Crippen LogP contribution in [0.4, 0.5) is 9.18 Å². The quantitative estimate of drug-likeness (QED) is 0.729. The fourth-order valence-corrected chi connectivity index (χ4v) is 3.92. The number of amides is 4. The number of methoxy groups -OCH3 is 1. The van der Waals surface area contributed by atoms with Crippen molar-refractivity contribution in [2.24, 2.45) is 0 Å². The molecule has 9 heteroatoms. The highest BCUT2D eigenvalue weighted by molar-refractivity contribution is 6.31. The Morgan fingerprint density at radius 2 is 2.04 bits per heavy atom. The van der Waals surface area contributed by atoms with Crippen LogP contribution in [0.5, 0.6) is 5.75 Å². The molecule has 0 saturated carbocycles. The summed E-state index contributed by atoms with van der Waals surface area (Å²) in [5, 5.41) is 4.78. The molecule has 0 aromatic heterocycles. The van der Waals surface area contributed by atoms with Gasteiger partial charge in [0.05, 0.1) is 12.1 Å². The second-order valence-corrected chi connectivity index (χ2v) is 7.82. The largest absolute Gasteiger partial charge is 0.494 e. The first-order valence-electron chi connectivity index (χ1n) is 9.18. The highest BCUT2D eigenvalue weighted by Gasteiger charge is 2.42. The van der Waals surface area contributed by atoms with Crippen molar-refractivity contribution in [3.05, 3.63) is 28.5 Å². The lowest BCUT2D eigenvalue weighted by atomic mass is 9.88. The Labute approximate surface area is 167 Å². The third-order valence-corrected chi connectivity index (χ3v) is 5.79. The Kier molecular flexibility index (Phi) is 5.79. The van der Waals surface area contributed by atoms with Crippen molar-refractivity contribution in [2.75, 3.05) is 20.2 Å². The maximum Gasteiger partial charge on any atom is 0.322 e. The average Bonchev–Trinajstić information content (AvgIpc) is 2.94. The summed E-state index contributed by atoms with van der Waals surface area (Å²) in [6.07, 6.45) is 1.87. The number of likely N-dealkylation sites (tertiary alicyclic amines) is 1. The highest BCUT2D eigenvalue weighted by atomic mass is 35.5. The van der Waals surface area contributed by atoms with Gasteiger partial charge in [0.1, 0.15) is 5.54 Å². The maximum absolute atomic E-state index is 13.8. The number of benzene rings is 1. The Morgan fingerprint density at radius 3 is 2.61 bits per heavy atom. The molecule has 2 aliphatic rings. The van der Waals surface area contributed by atoms with E-state index in [1.54, 1.807) is 24.0 Å². The molecule has 2 aliphatic heterocycles. The lowest BCUT2D eigenvalue weighted by Crippen LogP contribution is -2.45. The van der Waals surface area contributed by atoms with Crippen molar-refractivity contribution in [1.29, 1.82) is 0 Å². The van der Waals surface area contributed by atoms with E-state index in [1.807, 2.05) is 0 Å². The van der Waals surface area contributed by atoms with Gasteiger partial charge in [0.2, 0.25) is 5.91 Å². The second-order valence-electron chi connectivity index (χ2n) is 7.41. The topological polar surface area (TPSA) is 87.7 Å². The number of halogens is 2. The van der Waals surface area contributed by atoms with E-state index in [0.29, 0.717) is 13.1 Å². The zero-order valence-corrected chi connectivity index (χ0v) is 16.6. The van der Waals surface area contributed by atoms with Gasteiger partial charge in [0.25, 0.3) is 5.91 Å². The standard InChI is InChI=1S/C19H23ClFN3O4/c1-19(17(26)22-18(27)23-19)6-3-15(25)24-7-4-11(5-8-24)12-9-13(20)16(21)14(10-12)28-2/h9-11H,3-8H2,1-2H3,(H2,22,23,26,27)/t19-/m1/s1. The maximum atomic E-state index is 13.8. The van der Waals surface area contributed by atoms with Gasteiger partial charge in [0.15, 0.2) is 11.6 Å². The molecular weight excluding hydrogens is 389 g/mol. The van der Waals surface area contributed by atoms with Gasteiger partial charge in [-0.3, -0.25) is 14.9 Å². The first-order chi connectivity index (χ1) is 13.2. The van der Waals surface area contributed by atoms with Crippen LogP contribution < -0.4 is 15.4 Å². The molecule has 2 N–H and O–H groups in total. The molecule has 1 atom stereocenters. The summed E-state index contributed by atoms with van der Waals surface area (Å²) >= 11 is 5.95. The van der Waals surface area contributed by atoms with E-state index in [1.165, 1.54) is 7.11 Å². The number of carbonyl (C=O) groups is 3. The van der Waals surface area contributed by atoms with Crippen LogP contribution >= 0.6 is 11.6 Å². The Hall–Kier alpha value is -2.35. The first-order valence-corrected chi connectivity index (χ1v) is 9.55. The van der Waals surface area contributed by atoms with Gasteiger partial charge in [-0.1, -0.05) is 11.6 Å². The minimum atomic E-state index is -1.05. The number of carbonyl (C=O) groups excluding carboxylic acids is 3. The van der Waals surface area contributed by atoms with E-state index in [-0.39, 0.29) is 35.4 Å². The summed E-state index contributed by atoms with van der Waals surface area (Å²) in [7, 11) is 1.40. The lowest BCUT2D eigenvalue weighted by Gasteiger charge is -2.33. The van der Waals surface area contributed by atoms with Gasteiger partial charge >= 0.3 is 6.03 Å². The smallest absolute Gasteiger partial charge is 0.322 e. The lowest BCUT2D eigenvalue weighted by molar-refractivity contribution is -0.133. The summed E-state index contributed by atoms with van der Waals surface area (Å²) in [4.78, 5) is 37.4. The predicted octanol–water partition coefficient (Wildman–Crippen LogP) is 2.57. The molecular formula is C19H23ClFN3O4. The Balaban J connectivity index is 1.55. The van der Waals surface area contributed by atoms with Crippen molar-refractivity contribution in [3.63, 3.8) is 0 Å². The summed E-state index contributed by atoms with van der Waals surface area (Å²) in [5.74, 6) is -0.758. The van der Waals surface area contributed by atoms with Crippen molar-refractivity contribution in [3.8, 4) is 5.75 Å². The third-order valence-electron chi connectivity index (χ3n) is 5.51. The van der Waals surface area contributed by atoms with Crippen molar-refractivity contribution < 1.29 is 23.5 Å². The van der Waals surface area contributed by atoms with Crippen LogP contribution in [-0.2, 0) is 9.59 Å². The molecule has 28 heavy (non-hydrogen) atoms. The molecule has 7 nitrogen and oxygen atoms in total. The van der Waals surface area contributed by atoms with Gasteiger partial charge < -0.3 is 15.0 Å². The van der Waals surface area contributed by atoms with Crippen molar-refractivity contribution >= 4 is 29.4 Å². The second kappa shape index (κ2) is 7.95. The van der Waals surface area contributed by atoms with Crippen LogP contribution in [0.25, 0.3) is 0 Å². The summed E-state index contributed by atoms with van der Waals surface area (Å²) < 4.78 is 18.9. The SMILES string of the molecule is COc1cc(C2CCN(C(=O)CC[C@@]3(C)NC(=O)NC3=O)CC2)cc(Cl)c1F. The monoisotopic (exact) mass is 411 g/mol.